The smallest absolute Gasteiger partial charge is 0.164 e. The van der Waals surface area contributed by atoms with Crippen molar-refractivity contribution in [3.8, 4) is 17.2 Å². The van der Waals surface area contributed by atoms with Gasteiger partial charge in [-0.25, -0.2) is 0 Å². The van der Waals surface area contributed by atoms with E-state index >= 15 is 0 Å². The van der Waals surface area contributed by atoms with Crippen molar-refractivity contribution in [2.45, 2.75) is 25.4 Å². The maximum absolute atomic E-state index is 9.39. The van der Waals surface area contributed by atoms with E-state index in [4.69, 9.17) is 9.47 Å². The lowest BCUT2D eigenvalue weighted by Gasteiger charge is -2.35. The molecule has 0 bridgehead atoms. The molecule has 1 aromatic carbocycles. The highest BCUT2D eigenvalue weighted by molar-refractivity contribution is 5.45. The van der Waals surface area contributed by atoms with Crippen LogP contribution in [-0.2, 0) is 0 Å². The van der Waals surface area contributed by atoms with Crippen LogP contribution in [0.25, 0.3) is 0 Å². The first kappa shape index (κ1) is 12.0. The molecule has 1 saturated heterocycles. The standard InChI is InChI=1S/C13H19NO3/c1-13(5-7-14-8-6-13)17-11-4-3-10(15)9-12(11)16-2/h3-4,9,14-15H,5-8H2,1-2H3. The highest BCUT2D eigenvalue weighted by Gasteiger charge is 2.29. The summed E-state index contributed by atoms with van der Waals surface area (Å²) in [5.74, 6) is 1.45. The van der Waals surface area contributed by atoms with Crippen molar-refractivity contribution >= 4 is 0 Å². The van der Waals surface area contributed by atoms with Gasteiger partial charge in [0.25, 0.3) is 0 Å². The first-order valence-electron chi connectivity index (χ1n) is 5.90. The summed E-state index contributed by atoms with van der Waals surface area (Å²) in [5.41, 5.74) is -0.157. The maximum atomic E-state index is 9.39. The number of rotatable bonds is 3. The molecule has 1 fully saturated rings. The Labute approximate surface area is 102 Å². The van der Waals surface area contributed by atoms with Crippen molar-refractivity contribution in [3.05, 3.63) is 18.2 Å². The number of piperidine rings is 1. The van der Waals surface area contributed by atoms with E-state index in [1.165, 1.54) is 0 Å². The lowest BCUT2D eigenvalue weighted by molar-refractivity contribution is 0.0526. The van der Waals surface area contributed by atoms with Crippen molar-refractivity contribution in [3.63, 3.8) is 0 Å². The fraction of sp³-hybridized carbons (Fsp3) is 0.538. The van der Waals surface area contributed by atoms with Crippen LogP contribution >= 0.6 is 0 Å². The lowest BCUT2D eigenvalue weighted by Crippen LogP contribution is -2.43. The molecule has 0 aliphatic carbocycles. The molecule has 1 heterocycles. The summed E-state index contributed by atoms with van der Waals surface area (Å²) in [6, 6.07) is 4.93. The second kappa shape index (κ2) is 4.84. The van der Waals surface area contributed by atoms with Crippen molar-refractivity contribution in [2.75, 3.05) is 20.2 Å². The van der Waals surface area contributed by atoms with Crippen LogP contribution in [0.2, 0.25) is 0 Å². The Morgan fingerprint density at radius 1 is 1.24 bits per heavy atom. The fourth-order valence-corrected chi connectivity index (χ4v) is 2.06. The monoisotopic (exact) mass is 237 g/mol. The van der Waals surface area contributed by atoms with Crippen molar-refractivity contribution in [1.29, 1.82) is 0 Å². The zero-order valence-electron chi connectivity index (χ0n) is 10.3. The number of hydrogen-bond donors (Lipinski definition) is 2. The molecule has 4 heteroatoms. The molecule has 2 rings (SSSR count). The molecule has 4 nitrogen and oxygen atoms in total. The largest absolute Gasteiger partial charge is 0.508 e. The molecule has 1 aromatic rings. The predicted molar refractivity (Wildman–Crippen MR) is 65.8 cm³/mol. The number of methoxy groups -OCH3 is 1. The summed E-state index contributed by atoms with van der Waals surface area (Å²) in [6.45, 7) is 4.05. The van der Waals surface area contributed by atoms with Gasteiger partial charge >= 0.3 is 0 Å². The van der Waals surface area contributed by atoms with Crippen LogP contribution in [0.4, 0.5) is 0 Å². The molecule has 1 aliphatic rings. The molecule has 2 N–H and O–H groups in total. The van der Waals surface area contributed by atoms with E-state index in [0.717, 1.165) is 25.9 Å². The Morgan fingerprint density at radius 3 is 2.59 bits per heavy atom. The number of benzene rings is 1. The molecular weight excluding hydrogens is 218 g/mol. The molecule has 0 radical (unpaired) electrons. The van der Waals surface area contributed by atoms with E-state index in [1.807, 2.05) is 0 Å². The minimum Gasteiger partial charge on any atom is -0.508 e. The van der Waals surface area contributed by atoms with E-state index in [0.29, 0.717) is 11.5 Å². The van der Waals surface area contributed by atoms with Gasteiger partial charge in [0, 0.05) is 6.07 Å². The number of ether oxygens (including phenoxy) is 2. The molecule has 0 aromatic heterocycles. The summed E-state index contributed by atoms with van der Waals surface area (Å²) in [7, 11) is 1.58. The van der Waals surface area contributed by atoms with Gasteiger partial charge in [0.15, 0.2) is 11.5 Å². The van der Waals surface area contributed by atoms with E-state index in [-0.39, 0.29) is 11.4 Å². The third-order valence-electron chi connectivity index (χ3n) is 3.16. The van der Waals surface area contributed by atoms with Crippen LogP contribution in [0.15, 0.2) is 18.2 Å². The van der Waals surface area contributed by atoms with E-state index in [9.17, 15) is 5.11 Å². The number of hydrogen-bond acceptors (Lipinski definition) is 4. The van der Waals surface area contributed by atoms with E-state index < -0.39 is 0 Å². The fourth-order valence-electron chi connectivity index (χ4n) is 2.06. The predicted octanol–water partition coefficient (Wildman–Crippen LogP) is 1.92. The summed E-state index contributed by atoms with van der Waals surface area (Å²) >= 11 is 0. The van der Waals surface area contributed by atoms with E-state index in [1.54, 1.807) is 25.3 Å². The molecule has 0 saturated carbocycles. The van der Waals surface area contributed by atoms with Gasteiger partial charge in [-0.2, -0.15) is 0 Å². The third-order valence-corrected chi connectivity index (χ3v) is 3.16. The Hall–Kier alpha value is -1.42. The third kappa shape index (κ3) is 2.82. The zero-order valence-corrected chi connectivity index (χ0v) is 10.3. The van der Waals surface area contributed by atoms with Crippen molar-refractivity contribution in [1.82, 2.24) is 5.32 Å². The maximum Gasteiger partial charge on any atom is 0.164 e. The Balaban J connectivity index is 2.17. The second-order valence-electron chi connectivity index (χ2n) is 4.64. The molecule has 0 spiro atoms. The Morgan fingerprint density at radius 2 is 1.94 bits per heavy atom. The number of aromatic hydroxyl groups is 1. The summed E-state index contributed by atoms with van der Waals surface area (Å²) in [5, 5.41) is 12.7. The van der Waals surface area contributed by atoms with Crippen LogP contribution in [0, 0.1) is 0 Å². The van der Waals surface area contributed by atoms with Crippen LogP contribution < -0.4 is 14.8 Å². The topological polar surface area (TPSA) is 50.7 Å². The minimum atomic E-state index is -0.157. The average Bonchev–Trinajstić information content (AvgIpc) is 2.32. The highest BCUT2D eigenvalue weighted by atomic mass is 16.5. The zero-order chi connectivity index (χ0) is 12.3. The molecule has 0 amide bonds. The molecule has 94 valence electrons. The second-order valence-corrected chi connectivity index (χ2v) is 4.64. The lowest BCUT2D eigenvalue weighted by atomic mass is 9.94. The summed E-state index contributed by atoms with van der Waals surface area (Å²) in [6.07, 6.45) is 1.94. The van der Waals surface area contributed by atoms with Gasteiger partial charge in [-0.1, -0.05) is 0 Å². The van der Waals surface area contributed by atoms with Gasteiger partial charge in [-0.3, -0.25) is 0 Å². The molecular formula is C13H19NO3. The summed E-state index contributed by atoms with van der Waals surface area (Å²) < 4.78 is 11.3. The average molecular weight is 237 g/mol. The van der Waals surface area contributed by atoms with Crippen LogP contribution in [-0.4, -0.2) is 30.9 Å². The van der Waals surface area contributed by atoms with Gasteiger partial charge in [0.05, 0.1) is 7.11 Å². The number of phenols is 1. The number of nitrogens with one attached hydrogen (secondary N) is 1. The molecule has 0 unspecified atom stereocenters. The first-order chi connectivity index (χ1) is 8.13. The Kier molecular flexibility index (Phi) is 3.43. The number of phenolic OH excluding ortho intramolecular Hbond substituents is 1. The van der Waals surface area contributed by atoms with Gasteiger partial charge in [-0.15, -0.1) is 0 Å². The Bertz CT molecular complexity index is 386. The van der Waals surface area contributed by atoms with Crippen LogP contribution in [0.1, 0.15) is 19.8 Å². The van der Waals surface area contributed by atoms with E-state index in [2.05, 4.69) is 12.2 Å². The normalized spacial score (nSPS) is 18.7. The van der Waals surface area contributed by atoms with Crippen LogP contribution in [0.3, 0.4) is 0 Å². The van der Waals surface area contributed by atoms with Crippen molar-refractivity contribution in [2.24, 2.45) is 0 Å². The van der Waals surface area contributed by atoms with Gasteiger partial charge in [0.1, 0.15) is 11.4 Å². The quantitative estimate of drug-likeness (QED) is 0.843. The SMILES string of the molecule is COc1cc(O)ccc1OC1(C)CCNCC1. The summed E-state index contributed by atoms with van der Waals surface area (Å²) in [4.78, 5) is 0. The highest BCUT2D eigenvalue weighted by Crippen LogP contribution is 2.35. The molecule has 1 aliphatic heterocycles. The first-order valence-corrected chi connectivity index (χ1v) is 5.90. The van der Waals surface area contributed by atoms with Gasteiger partial charge < -0.3 is 19.9 Å². The molecule has 0 atom stereocenters. The van der Waals surface area contributed by atoms with Crippen molar-refractivity contribution < 1.29 is 14.6 Å². The molecule has 17 heavy (non-hydrogen) atoms. The van der Waals surface area contributed by atoms with Gasteiger partial charge in [-0.05, 0) is 45.0 Å². The minimum absolute atomic E-state index is 0.157. The van der Waals surface area contributed by atoms with Gasteiger partial charge in [0.2, 0.25) is 0 Å². The van der Waals surface area contributed by atoms with Crippen LogP contribution in [0.5, 0.6) is 17.2 Å².